The van der Waals surface area contributed by atoms with Gasteiger partial charge in [-0.3, -0.25) is 4.79 Å². The van der Waals surface area contributed by atoms with Crippen LogP contribution in [-0.4, -0.2) is 17.9 Å². The first-order chi connectivity index (χ1) is 7.41. The number of ketones is 1. The lowest BCUT2D eigenvalue weighted by molar-refractivity contribution is 0.0968. The van der Waals surface area contributed by atoms with Crippen molar-refractivity contribution < 1.29 is 9.53 Å². The van der Waals surface area contributed by atoms with Gasteiger partial charge in [0.15, 0.2) is 5.78 Å². The van der Waals surface area contributed by atoms with Gasteiger partial charge in [0.05, 0.1) is 17.2 Å². The highest BCUT2D eigenvalue weighted by Gasteiger charge is 2.13. The second-order valence-corrected chi connectivity index (χ2v) is 4.37. The van der Waals surface area contributed by atoms with Crippen LogP contribution >= 0.6 is 11.6 Å². The highest BCUT2D eigenvalue weighted by atomic mass is 35.5. The van der Waals surface area contributed by atoms with E-state index in [1.807, 2.05) is 13.8 Å². The Balaban J connectivity index is 2.95. The van der Waals surface area contributed by atoms with Crippen molar-refractivity contribution >= 4 is 17.4 Å². The normalized spacial score (nSPS) is 12.6. The zero-order chi connectivity index (χ0) is 12.3. The lowest BCUT2D eigenvalue weighted by Gasteiger charge is -2.12. The van der Waals surface area contributed by atoms with Gasteiger partial charge in [-0.15, -0.1) is 0 Å². The van der Waals surface area contributed by atoms with Gasteiger partial charge in [-0.2, -0.15) is 0 Å². The van der Waals surface area contributed by atoms with Crippen molar-refractivity contribution in [2.75, 3.05) is 0 Å². The van der Waals surface area contributed by atoms with E-state index in [-0.39, 0.29) is 11.9 Å². The number of hydrogen-bond donors (Lipinski definition) is 1. The minimum absolute atomic E-state index is 0.0486. The van der Waals surface area contributed by atoms with E-state index in [0.717, 1.165) is 0 Å². The molecule has 0 bridgehead atoms. The topological polar surface area (TPSA) is 52.3 Å². The van der Waals surface area contributed by atoms with Crippen molar-refractivity contribution in [2.45, 2.75) is 32.9 Å². The molecule has 1 aromatic carbocycles. The van der Waals surface area contributed by atoms with Crippen LogP contribution in [0.5, 0.6) is 5.75 Å². The molecule has 0 aromatic heterocycles. The Morgan fingerprint density at radius 1 is 1.38 bits per heavy atom. The van der Waals surface area contributed by atoms with Crippen LogP contribution in [-0.2, 0) is 0 Å². The van der Waals surface area contributed by atoms with Gasteiger partial charge in [0.25, 0.3) is 0 Å². The van der Waals surface area contributed by atoms with E-state index in [2.05, 4.69) is 0 Å². The molecular formula is C12H16ClNO2. The zero-order valence-electron chi connectivity index (χ0n) is 9.66. The molecular weight excluding hydrogens is 226 g/mol. The third-order valence-electron chi connectivity index (χ3n) is 1.99. The lowest BCUT2D eigenvalue weighted by Crippen LogP contribution is -2.26. The van der Waals surface area contributed by atoms with Gasteiger partial charge in [-0.05, 0) is 39.0 Å². The number of carbonyl (C=O) groups excluding carboxylic acids is 1. The maximum absolute atomic E-state index is 11.6. The van der Waals surface area contributed by atoms with E-state index >= 15 is 0 Å². The van der Waals surface area contributed by atoms with Crippen LogP contribution in [0.1, 0.15) is 31.1 Å². The van der Waals surface area contributed by atoms with E-state index in [9.17, 15) is 4.79 Å². The fourth-order valence-corrected chi connectivity index (χ4v) is 1.49. The van der Waals surface area contributed by atoms with Crippen molar-refractivity contribution in [3.8, 4) is 5.75 Å². The number of rotatable bonds is 4. The quantitative estimate of drug-likeness (QED) is 0.825. The minimum Gasteiger partial charge on any atom is -0.489 e. The largest absolute Gasteiger partial charge is 0.489 e. The van der Waals surface area contributed by atoms with Gasteiger partial charge >= 0.3 is 0 Å². The Bertz CT molecular complexity index is 389. The lowest BCUT2D eigenvalue weighted by atomic mass is 10.1. The summed E-state index contributed by atoms with van der Waals surface area (Å²) in [5, 5.41) is 0.431. The van der Waals surface area contributed by atoms with E-state index in [4.69, 9.17) is 22.1 Å². The van der Waals surface area contributed by atoms with Crippen LogP contribution in [0.25, 0.3) is 0 Å². The van der Waals surface area contributed by atoms with Crippen LogP contribution in [0.15, 0.2) is 18.2 Å². The second-order valence-electron chi connectivity index (χ2n) is 3.96. The number of benzene rings is 1. The van der Waals surface area contributed by atoms with Crippen molar-refractivity contribution in [3.63, 3.8) is 0 Å². The summed E-state index contributed by atoms with van der Waals surface area (Å²) in [6, 6.07) is 4.44. The molecule has 4 heteroatoms. The molecule has 0 saturated heterocycles. The number of halogens is 1. The fraction of sp³-hybridized carbons (Fsp3) is 0.417. The molecule has 1 atom stereocenters. The highest BCUT2D eigenvalue weighted by Crippen LogP contribution is 2.26. The fourth-order valence-electron chi connectivity index (χ4n) is 1.27. The smallest absolute Gasteiger partial charge is 0.179 e. The molecule has 1 unspecified atom stereocenters. The first-order valence-electron chi connectivity index (χ1n) is 5.18. The monoisotopic (exact) mass is 241 g/mol. The summed E-state index contributed by atoms with van der Waals surface area (Å²) in [6.07, 6.45) is 0.0486. The Labute approximate surface area is 101 Å². The van der Waals surface area contributed by atoms with Crippen LogP contribution in [0, 0.1) is 0 Å². The summed E-state index contributed by atoms with van der Waals surface area (Å²) in [6.45, 7) is 5.48. The van der Waals surface area contributed by atoms with Crippen molar-refractivity contribution in [3.05, 3.63) is 28.8 Å². The Kier molecular flexibility index (Phi) is 4.33. The SMILES string of the molecule is CC(C)Oc1ccc(C(=O)C(C)N)cc1Cl. The molecule has 0 amide bonds. The van der Waals surface area contributed by atoms with E-state index in [1.54, 1.807) is 25.1 Å². The third-order valence-corrected chi connectivity index (χ3v) is 2.29. The number of nitrogens with two attached hydrogens (primary N) is 1. The molecule has 2 N–H and O–H groups in total. The van der Waals surface area contributed by atoms with E-state index in [1.165, 1.54) is 0 Å². The molecule has 0 heterocycles. The minimum atomic E-state index is -0.520. The number of carbonyl (C=O) groups is 1. The maximum atomic E-state index is 11.6. The van der Waals surface area contributed by atoms with E-state index in [0.29, 0.717) is 16.3 Å². The molecule has 0 aliphatic heterocycles. The Morgan fingerprint density at radius 2 is 2.00 bits per heavy atom. The average Bonchev–Trinajstić information content (AvgIpc) is 2.19. The highest BCUT2D eigenvalue weighted by molar-refractivity contribution is 6.32. The van der Waals surface area contributed by atoms with Crippen LogP contribution in [0.2, 0.25) is 5.02 Å². The summed E-state index contributed by atoms with van der Waals surface area (Å²) in [7, 11) is 0. The third kappa shape index (κ3) is 3.22. The predicted molar refractivity (Wildman–Crippen MR) is 65.2 cm³/mol. The van der Waals surface area contributed by atoms with Gasteiger partial charge < -0.3 is 10.5 Å². The number of Topliss-reactive ketones (excluding diaryl/α,β-unsaturated/α-hetero) is 1. The Morgan fingerprint density at radius 3 is 2.44 bits per heavy atom. The molecule has 1 aromatic rings. The molecule has 0 spiro atoms. The van der Waals surface area contributed by atoms with Crippen LogP contribution in [0.4, 0.5) is 0 Å². The van der Waals surface area contributed by atoms with Crippen LogP contribution < -0.4 is 10.5 Å². The summed E-state index contributed by atoms with van der Waals surface area (Å²) in [4.78, 5) is 11.6. The summed E-state index contributed by atoms with van der Waals surface area (Å²) < 4.78 is 5.47. The molecule has 3 nitrogen and oxygen atoms in total. The molecule has 88 valence electrons. The van der Waals surface area contributed by atoms with E-state index < -0.39 is 6.04 Å². The van der Waals surface area contributed by atoms with Crippen molar-refractivity contribution in [2.24, 2.45) is 5.73 Å². The molecule has 0 aliphatic carbocycles. The standard InChI is InChI=1S/C12H16ClNO2/c1-7(2)16-11-5-4-9(6-10(11)13)12(15)8(3)14/h4-8H,14H2,1-3H3. The van der Waals surface area contributed by atoms with Gasteiger partial charge in [-0.1, -0.05) is 11.6 Å². The molecule has 16 heavy (non-hydrogen) atoms. The molecule has 0 radical (unpaired) electrons. The van der Waals surface area contributed by atoms with Crippen molar-refractivity contribution in [1.82, 2.24) is 0 Å². The maximum Gasteiger partial charge on any atom is 0.179 e. The first-order valence-corrected chi connectivity index (χ1v) is 5.55. The molecule has 1 rings (SSSR count). The first kappa shape index (κ1) is 13.0. The number of hydrogen-bond acceptors (Lipinski definition) is 3. The molecule has 0 fully saturated rings. The Hall–Kier alpha value is -1.06. The summed E-state index contributed by atoms with van der Waals surface area (Å²) in [5.74, 6) is 0.455. The molecule has 0 aliphatic rings. The van der Waals surface area contributed by atoms with Gasteiger partial charge in [0, 0.05) is 5.56 Å². The molecule has 0 saturated carbocycles. The van der Waals surface area contributed by atoms with Gasteiger partial charge in [0.1, 0.15) is 5.75 Å². The predicted octanol–water partition coefficient (Wildman–Crippen LogP) is 2.66. The van der Waals surface area contributed by atoms with Crippen LogP contribution in [0.3, 0.4) is 0 Å². The second kappa shape index (κ2) is 5.32. The van der Waals surface area contributed by atoms with Gasteiger partial charge in [-0.25, -0.2) is 0 Å². The van der Waals surface area contributed by atoms with Gasteiger partial charge in [0.2, 0.25) is 0 Å². The summed E-state index contributed by atoms with van der Waals surface area (Å²) in [5.41, 5.74) is 6.02. The number of ether oxygens (including phenoxy) is 1. The van der Waals surface area contributed by atoms with Crippen molar-refractivity contribution in [1.29, 1.82) is 0 Å². The summed E-state index contributed by atoms with van der Waals surface area (Å²) >= 11 is 6.00. The zero-order valence-corrected chi connectivity index (χ0v) is 10.4. The average molecular weight is 242 g/mol.